The maximum atomic E-state index is 12.6. The lowest BCUT2D eigenvalue weighted by Crippen LogP contribution is -2.37. The van der Waals surface area contributed by atoms with Crippen LogP contribution in [0.15, 0.2) is 65.6 Å². The zero-order chi connectivity index (χ0) is 22.2. The van der Waals surface area contributed by atoms with Crippen molar-refractivity contribution in [1.29, 1.82) is 0 Å². The maximum Gasteiger partial charge on any atom is 0.260 e. The Kier molecular flexibility index (Phi) is 5.15. The molecule has 3 N–H and O–H groups in total. The Morgan fingerprint density at radius 3 is 2.48 bits per heavy atom. The van der Waals surface area contributed by atoms with E-state index < -0.39 is 11.8 Å². The van der Waals surface area contributed by atoms with Gasteiger partial charge in [0.15, 0.2) is 0 Å². The van der Waals surface area contributed by atoms with Gasteiger partial charge in [-0.3, -0.25) is 14.9 Å². The number of furan rings is 1. The Bertz CT molecular complexity index is 1180. The van der Waals surface area contributed by atoms with Crippen molar-refractivity contribution in [3.05, 3.63) is 83.4 Å². The molecule has 6 heteroatoms. The fourth-order valence-electron chi connectivity index (χ4n) is 3.62. The van der Waals surface area contributed by atoms with E-state index in [1.54, 1.807) is 36.9 Å². The highest BCUT2D eigenvalue weighted by atomic mass is 16.3. The van der Waals surface area contributed by atoms with Crippen LogP contribution in [0.5, 0.6) is 5.75 Å². The predicted octanol–water partition coefficient (Wildman–Crippen LogP) is 4.35. The van der Waals surface area contributed by atoms with E-state index in [1.165, 1.54) is 0 Å². The van der Waals surface area contributed by atoms with Crippen LogP contribution in [0.1, 0.15) is 47.8 Å². The average Bonchev–Trinajstić information content (AvgIpc) is 3.24. The SMILES string of the molecule is CC(C)(C)c1ccc2c(c1)/C(=C\NCc1cc(O)ccc1-c1ccoc1)C(=O)NC2=O. The first kappa shape index (κ1) is 20.5. The van der Waals surface area contributed by atoms with Gasteiger partial charge in [0.2, 0.25) is 0 Å². The van der Waals surface area contributed by atoms with Gasteiger partial charge in [-0.2, -0.15) is 0 Å². The minimum atomic E-state index is -0.443. The molecule has 2 amide bonds. The summed E-state index contributed by atoms with van der Waals surface area (Å²) in [5.74, 6) is -0.687. The molecule has 0 radical (unpaired) electrons. The molecule has 158 valence electrons. The number of amides is 2. The molecule has 0 saturated carbocycles. The number of carbonyl (C=O) groups excluding carboxylic acids is 2. The number of nitrogens with one attached hydrogen (secondary N) is 2. The molecular formula is C25H24N2O4. The minimum Gasteiger partial charge on any atom is -0.508 e. The van der Waals surface area contributed by atoms with Gasteiger partial charge in [0.1, 0.15) is 5.75 Å². The third kappa shape index (κ3) is 4.10. The first-order chi connectivity index (χ1) is 14.7. The number of imide groups is 1. The summed E-state index contributed by atoms with van der Waals surface area (Å²) in [5, 5.41) is 15.5. The molecule has 31 heavy (non-hydrogen) atoms. The number of fused-ring (bicyclic) bond motifs is 1. The molecule has 3 aromatic rings. The van der Waals surface area contributed by atoms with Gasteiger partial charge in [-0.15, -0.1) is 0 Å². The van der Waals surface area contributed by atoms with Crippen LogP contribution in [0.2, 0.25) is 0 Å². The molecule has 2 aromatic carbocycles. The second-order valence-corrected chi connectivity index (χ2v) is 8.59. The molecule has 0 saturated heterocycles. The Balaban J connectivity index is 1.67. The summed E-state index contributed by atoms with van der Waals surface area (Å²) >= 11 is 0. The molecule has 0 fully saturated rings. The summed E-state index contributed by atoms with van der Waals surface area (Å²) in [4.78, 5) is 24.9. The monoisotopic (exact) mass is 416 g/mol. The molecule has 4 rings (SSSR count). The third-order valence-corrected chi connectivity index (χ3v) is 5.35. The van der Waals surface area contributed by atoms with E-state index in [2.05, 4.69) is 31.4 Å². The normalized spacial score (nSPS) is 15.0. The fraction of sp³-hybridized carbons (Fsp3) is 0.200. The van der Waals surface area contributed by atoms with Crippen LogP contribution < -0.4 is 10.6 Å². The number of aromatic hydroxyl groups is 1. The highest BCUT2D eigenvalue weighted by molar-refractivity contribution is 6.31. The number of hydrogen-bond donors (Lipinski definition) is 3. The number of carbonyl (C=O) groups is 2. The first-order valence-corrected chi connectivity index (χ1v) is 10.0. The zero-order valence-corrected chi connectivity index (χ0v) is 17.7. The Morgan fingerprint density at radius 1 is 1.00 bits per heavy atom. The molecule has 1 aliphatic heterocycles. The molecule has 2 heterocycles. The number of hydrogen-bond acceptors (Lipinski definition) is 5. The average molecular weight is 416 g/mol. The van der Waals surface area contributed by atoms with Crippen molar-refractivity contribution in [1.82, 2.24) is 10.6 Å². The van der Waals surface area contributed by atoms with Crippen LogP contribution in [0, 0.1) is 0 Å². The highest BCUT2D eigenvalue weighted by Crippen LogP contribution is 2.31. The van der Waals surface area contributed by atoms with Gasteiger partial charge in [-0.25, -0.2) is 0 Å². The second kappa shape index (κ2) is 7.80. The van der Waals surface area contributed by atoms with Gasteiger partial charge in [0.05, 0.1) is 18.1 Å². The van der Waals surface area contributed by atoms with E-state index in [1.807, 2.05) is 24.3 Å². The maximum absolute atomic E-state index is 12.6. The third-order valence-electron chi connectivity index (χ3n) is 5.35. The van der Waals surface area contributed by atoms with Crippen LogP contribution in [0.4, 0.5) is 0 Å². The van der Waals surface area contributed by atoms with Crippen molar-refractivity contribution < 1.29 is 19.1 Å². The second-order valence-electron chi connectivity index (χ2n) is 8.59. The molecule has 0 atom stereocenters. The van der Waals surface area contributed by atoms with Gasteiger partial charge in [0, 0.05) is 29.4 Å². The molecular weight excluding hydrogens is 392 g/mol. The molecule has 0 unspecified atom stereocenters. The minimum absolute atomic E-state index is 0.119. The highest BCUT2D eigenvalue weighted by Gasteiger charge is 2.28. The van der Waals surface area contributed by atoms with Gasteiger partial charge in [-0.05, 0) is 52.4 Å². The Morgan fingerprint density at radius 2 is 1.77 bits per heavy atom. The van der Waals surface area contributed by atoms with Crippen molar-refractivity contribution in [3.63, 3.8) is 0 Å². The topological polar surface area (TPSA) is 91.6 Å². The lowest BCUT2D eigenvalue weighted by atomic mass is 9.83. The summed E-state index contributed by atoms with van der Waals surface area (Å²) < 4.78 is 5.18. The number of benzene rings is 2. The largest absolute Gasteiger partial charge is 0.508 e. The summed E-state index contributed by atoms with van der Waals surface area (Å²) in [6.45, 7) is 6.62. The molecule has 1 aromatic heterocycles. The van der Waals surface area contributed by atoms with Crippen molar-refractivity contribution in [2.75, 3.05) is 0 Å². The van der Waals surface area contributed by atoms with Crippen molar-refractivity contribution in [2.45, 2.75) is 32.7 Å². The molecule has 0 bridgehead atoms. The van der Waals surface area contributed by atoms with Gasteiger partial charge < -0.3 is 14.8 Å². The van der Waals surface area contributed by atoms with Crippen LogP contribution >= 0.6 is 0 Å². The lowest BCUT2D eigenvalue weighted by Gasteiger charge is -2.24. The first-order valence-electron chi connectivity index (χ1n) is 10.0. The van der Waals surface area contributed by atoms with E-state index >= 15 is 0 Å². The van der Waals surface area contributed by atoms with Crippen LogP contribution in [0.25, 0.3) is 16.7 Å². The molecule has 1 aliphatic rings. The number of rotatable bonds is 4. The van der Waals surface area contributed by atoms with E-state index in [0.29, 0.717) is 23.2 Å². The Labute approximate surface area is 180 Å². The zero-order valence-electron chi connectivity index (χ0n) is 17.7. The van der Waals surface area contributed by atoms with Crippen LogP contribution in [0.3, 0.4) is 0 Å². The predicted molar refractivity (Wildman–Crippen MR) is 118 cm³/mol. The van der Waals surface area contributed by atoms with E-state index in [0.717, 1.165) is 22.3 Å². The van der Waals surface area contributed by atoms with E-state index in [-0.39, 0.29) is 11.2 Å². The molecule has 6 nitrogen and oxygen atoms in total. The standard InChI is InChI=1S/C25H24N2O4/c1-25(2,3)17-4-6-20-21(11-17)22(24(30)27-23(20)29)13-26-12-16-10-18(28)5-7-19(16)15-8-9-31-14-15/h4-11,13-14,26,28H,12H2,1-3H3,(H,27,29,30)/b22-13+. The number of phenols is 1. The lowest BCUT2D eigenvalue weighted by molar-refractivity contribution is -0.114. The summed E-state index contributed by atoms with van der Waals surface area (Å²) in [6.07, 6.45) is 4.85. The Hall–Kier alpha value is -3.80. The van der Waals surface area contributed by atoms with Gasteiger partial charge in [0.25, 0.3) is 11.8 Å². The van der Waals surface area contributed by atoms with E-state index in [4.69, 9.17) is 4.42 Å². The summed E-state index contributed by atoms with van der Waals surface area (Å²) in [6, 6.07) is 12.5. The van der Waals surface area contributed by atoms with E-state index in [9.17, 15) is 14.7 Å². The molecule has 0 aliphatic carbocycles. The fourth-order valence-corrected chi connectivity index (χ4v) is 3.62. The molecule has 0 spiro atoms. The van der Waals surface area contributed by atoms with Crippen LogP contribution in [-0.2, 0) is 16.8 Å². The smallest absolute Gasteiger partial charge is 0.260 e. The number of phenolic OH excluding ortho intramolecular Hbond substituents is 1. The van der Waals surface area contributed by atoms with Gasteiger partial charge >= 0.3 is 0 Å². The quantitative estimate of drug-likeness (QED) is 0.434. The summed E-state index contributed by atoms with van der Waals surface area (Å²) in [5.41, 5.74) is 5.04. The van der Waals surface area contributed by atoms with Crippen molar-refractivity contribution >= 4 is 17.4 Å². The van der Waals surface area contributed by atoms with Crippen molar-refractivity contribution in [2.24, 2.45) is 0 Å². The van der Waals surface area contributed by atoms with Gasteiger partial charge in [-0.1, -0.05) is 32.9 Å². The van der Waals surface area contributed by atoms with Crippen molar-refractivity contribution in [3.8, 4) is 16.9 Å². The summed E-state index contributed by atoms with van der Waals surface area (Å²) in [7, 11) is 0. The van der Waals surface area contributed by atoms with Crippen LogP contribution in [-0.4, -0.2) is 16.9 Å².